The van der Waals surface area contributed by atoms with Gasteiger partial charge in [0.05, 0.1) is 0 Å². The average Bonchev–Trinajstić information content (AvgIpc) is 2.39. The van der Waals surface area contributed by atoms with Crippen molar-refractivity contribution in [1.82, 2.24) is 10.2 Å². The van der Waals surface area contributed by atoms with Gasteiger partial charge in [-0.25, -0.2) is 0 Å². The smallest absolute Gasteiger partial charge is 0.342 e. The topological polar surface area (TPSA) is 32.3 Å². The highest BCUT2D eigenvalue weighted by atomic mass is 32.2. The number of alkyl halides is 3. The number of hydrogen-bond acceptors (Lipinski definition) is 3. The Morgan fingerprint density at radius 1 is 1.20 bits per heavy atom. The first-order valence-corrected chi connectivity index (χ1v) is 8.28. The molecule has 7 heteroatoms. The number of thioether (sulfide) groups is 1. The number of likely N-dealkylation sites (tertiary alicyclic amines) is 1. The minimum atomic E-state index is -4.40. The second-order valence-corrected chi connectivity index (χ2v) is 6.68. The lowest BCUT2D eigenvalue weighted by Gasteiger charge is -2.35. The first-order chi connectivity index (χ1) is 9.44. The Kier molecular flexibility index (Phi) is 5.60. The van der Waals surface area contributed by atoms with Gasteiger partial charge in [0.2, 0.25) is 5.91 Å². The third-order valence-corrected chi connectivity index (χ3v) is 5.05. The van der Waals surface area contributed by atoms with E-state index < -0.39 is 18.5 Å². The zero-order valence-corrected chi connectivity index (χ0v) is 12.2. The molecule has 1 amide bonds. The normalized spacial score (nSPS) is 25.8. The van der Waals surface area contributed by atoms with Crippen LogP contribution in [0.15, 0.2) is 0 Å². The van der Waals surface area contributed by atoms with Crippen molar-refractivity contribution in [2.75, 3.05) is 24.6 Å². The maximum Gasteiger partial charge on any atom is 0.397 e. The fourth-order valence-corrected chi connectivity index (χ4v) is 3.87. The third kappa shape index (κ3) is 5.16. The molecule has 2 aliphatic rings. The molecule has 0 saturated carbocycles. The molecule has 0 unspecified atom stereocenters. The molecule has 1 atom stereocenters. The molecule has 2 heterocycles. The van der Waals surface area contributed by atoms with Gasteiger partial charge in [0, 0.05) is 30.9 Å². The highest BCUT2D eigenvalue weighted by Gasteiger charge is 2.34. The van der Waals surface area contributed by atoms with Crippen molar-refractivity contribution >= 4 is 17.7 Å². The van der Waals surface area contributed by atoms with E-state index in [0.717, 1.165) is 18.6 Å². The minimum absolute atomic E-state index is 0.341. The number of halogens is 3. The van der Waals surface area contributed by atoms with Crippen molar-refractivity contribution in [3.63, 3.8) is 0 Å². The van der Waals surface area contributed by atoms with Crippen LogP contribution in [-0.4, -0.2) is 53.7 Å². The summed E-state index contributed by atoms with van der Waals surface area (Å²) in [6, 6.07) is 0.866. The van der Waals surface area contributed by atoms with E-state index in [-0.39, 0.29) is 0 Å². The summed E-state index contributed by atoms with van der Waals surface area (Å²) in [5, 5.41) is 3.58. The van der Waals surface area contributed by atoms with Gasteiger partial charge in [-0.1, -0.05) is 0 Å². The number of rotatable bonds is 3. The van der Waals surface area contributed by atoms with Crippen LogP contribution in [0.5, 0.6) is 0 Å². The van der Waals surface area contributed by atoms with Gasteiger partial charge in [0.1, 0.15) is 6.42 Å². The van der Waals surface area contributed by atoms with Crippen LogP contribution in [0.25, 0.3) is 0 Å². The fraction of sp³-hybridized carbons (Fsp3) is 0.923. The Labute approximate surface area is 121 Å². The van der Waals surface area contributed by atoms with Crippen LogP contribution in [0.2, 0.25) is 0 Å². The molecule has 116 valence electrons. The first-order valence-electron chi connectivity index (χ1n) is 7.12. The Morgan fingerprint density at radius 3 is 2.45 bits per heavy atom. The predicted molar refractivity (Wildman–Crippen MR) is 73.8 cm³/mol. The molecule has 2 fully saturated rings. The monoisotopic (exact) mass is 310 g/mol. The molecule has 0 aromatic rings. The van der Waals surface area contributed by atoms with E-state index >= 15 is 0 Å². The zero-order chi connectivity index (χ0) is 14.6. The van der Waals surface area contributed by atoms with Crippen molar-refractivity contribution in [2.45, 2.75) is 50.4 Å². The molecule has 1 N–H and O–H groups in total. The SMILES string of the molecule is O=C(CC(F)(F)F)N1CCC(N[C@@H]2CCCSC2)CC1. The number of nitrogens with zero attached hydrogens (tertiary/aromatic N) is 1. The number of carbonyl (C=O) groups excluding carboxylic acids is 1. The maximum atomic E-state index is 12.2. The Bertz CT molecular complexity index is 324. The van der Waals surface area contributed by atoms with Gasteiger partial charge in [-0.3, -0.25) is 4.79 Å². The summed E-state index contributed by atoms with van der Waals surface area (Å²) in [5.74, 6) is 1.56. The molecule has 0 spiro atoms. The van der Waals surface area contributed by atoms with Crippen LogP contribution >= 0.6 is 11.8 Å². The van der Waals surface area contributed by atoms with Crippen LogP contribution in [0.1, 0.15) is 32.1 Å². The molecule has 0 radical (unpaired) electrons. The van der Waals surface area contributed by atoms with Crippen molar-refractivity contribution in [3.05, 3.63) is 0 Å². The predicted octanol–water partition coefficient (Wildman–Crippen LogP) is 2.42. The van der Waals surface area contributed by atoms with Crippen LogP contribution < -0.4 is 5.32 Å². The van der Waals surface area contributed by atoms with Crippen LogP contribution in [-0.2, 0) is 4.79 Å². The van der Waals surface area contributed by atoms with Gasteiger partial charge in [-0.2, -0.15) is 24.9 Å². The minimum Gasteiger partial charge on any atom is -0.342 e. The molecular formula is C13H21F3N2OS. The van der Waals surface area contributed by atoms with Gasteiger partial charge in [-0.15, -0.1) is 0 Å². The average molecular weight is 310 g/mol. The largest absolute Gasteiger partial charge is 0.397 e. The maximum absolute atomic E-state index is 12.2. The number of nitrogens with one attached hydrogen (secondary N) is 1. The number of carbonyl (C=O) groups is 1. The number of amides is 1. The van der Waals surface area contributed by atoms with Crippen molar-refractivity contribution in [3.8, 4) is 0 Å². The summed E-state index contributed by atoms with van der Waals surface area (Å²) < 4.78 is 36.6. The summed E-state index contributed by atoms with van der Waals surface area (Å²) in [7, 11) is 0. The first kappa shape index (κ1) is 15.9. The van der Waals surface area contributed by atoms with Gasteiger partial charge in [0.15, 0.2) is 0 Å². The van der Waals surface area contributed by atoms with Crippen LogP contribution in [0.3, 0.4) is 0 Å². The molecule has 0 aromatic heterocycles. The molecule has 2 rings (SSSR count). The molecule has 2 aliphatic heterocycles. The fourth-order valence-electron chi connectivity index (χ4n) is 2.78. The Morgan fingerprint density at radius 2 is 1.90 bits per heavy atom. The zero-order valence-electron chi connectivity index (χ0n) is 11.4. The second-order valence-electron chi connectivity index (χ2n) is 5.53. The molecular weight excluding hydrogens is 289 g/mol. The Balaban J connectivity index is 1.70. The van der Waals surface area contributed by atoms with Gasteiger partial charge in [0.25, 0.3) is 0 Å². The Hall–Kier alpha value is -0.430. The van der Waals surface area contributed by atoms with Crippen LogP contribution in [0, 0.1) is 0 Å². The van der Waals surface area contributed by atoms with E-state index in [2.05, 4.69) is 5.32 Å². The van der Waals surface area contributed by atoms with E-state index in [1.165, 1.54) is 23.5 Å². The van der Waals surface area contributed by atoms with E-state index in [1.54, 1.807) is 0 Å². The third-order valence-electron chi connectivity index (χ3n) is 3.83. The number of piperidine rings is 1. The second kappa shape index (κ2) is 7.02. The standard InChI is InChI=1S/C13H21F3N2OS/c14-13(15,16)8-12(19)18-5-3-10(4-6-18)17-11-2-1-7-20-9-11/h10-11,17H,1-9H2/t11-/m1/s1. The van der Waals surface area contributed by atoms with Gasteiger partial charge in [-0.05, 0) is 31.4 Å². The molecule has 0 aromatic carbocycles. The van der Waals surface area contributed by atoms with Crippen LogP contribution in [0.4, 0.5) is 13.2 Å². The summed E-state index contributed by atoms with van der Waals surface area (Å²) in [4.78, 5) is 12.8. The summed E-state index contributed by atoms with van der Waals surface area (Å²) in [5.41, 5.74) is 0. The lowest BCUT2D eigenvalue weighted by Crippen LogP contribution is -2.49. The van der Waals surface area contributed by atoms with Crippen molar-refractivity contribution in [2.24, 2.45) is 0 Å². The molecule has 2 saturated heterocycles. The molecule has 0 bridgehead atoms. The lowest BCUT2D eigenvalue weighted by atomic mass is 10.0. The van der Waals surface area contributed by atoms with E-state index in [0.29, 0.717) is 25.2 Å². The van der Waals surface area contributed by atoms with Crippen molar-refractivity contribution in [1.29, 1.82) is 0 Å². The number of hydrogen-bond donors (Lipinski definition) is 1. The lowest BCUT2D eigenvalue weighted by molar-refractivity contribution is -0.162. The van der Waals surface area contributed by atoms with Gasteiger partial charge >= 0.3 is 6.18 Å². The summed E-state index contributed by atoms with van der Waals surface area (Å²) >= 11 is 1.95. The summed E-state index contributed by atoms with van der Waals surface area (Å²) in [6.07, 6.45) is -1.81. The molecule has 20 heavy (non-hydrogen) atoms. The molecule has 3 nitrogen and oxygen atoms in total. The van der Waals surface area contributed by atoms with E-state index in [9.17, 15) is 18.0 Å². The van der Waals surface area contributed by atoms with Gasteiger partial charge < -0.3 is 10.2 Å². The highest BCUT2D eigenvalue weighted by Crippen LogP contribution is 2.23. The van der Waals surface area contributed by atoms with E-state index in [1.807, 2.05) is 11.8 Å². The highest BCUT2D eigenvalue weighted by molar-refractivity contribution is 7.99. The van der Waals surface area contributed by atoms with E-state index in [4.69, 9.17) is 0 Å². The quantitative estimate of drug-likeness (QED) is 0.869. The van der Waals surface area contributed by atoms with Crippen molar-refractivity contribution < 1.29 is 18.0 Å². The summed E-state index contributed by atoms with van der Waals surface area (Å²) in [6.45, 7) is 0.874. The molecule has 0 aliphatic carbocycles.